The number of carbonyl (C=O) groups excluding carboxylic acids is 2. The zero-order chi connectivity index (χ0) is 17.9. The van der Waals surface area contributed by atoms with Crippen molar-refractivity contribution in [3.05, 3.63) is 48.5 Å². The first-order valence-corrected chi connectivity index (χ1v) is 6.83. The summed E-state index contributed by atoms with van der Waals surface area (Å²) in [4.78, 5) is 23.3. The van der Waals surface area contributed by atoms with Crippen LogP contribution in [-0.4, -0.2) is 18.0 Å². The van der Waals surface area contributed by atoms with Crippen LogP contribution in [-0.2, 0) is 9.59 Å². The molecule has 3 N–H and O–H groups in total. The van der Waals surface area contributed by atoms with E-state index in [9.17, 15) is 22.8 Å². The van der Waals surface area contributed by atoms with E-state index in [0.29, 0.717) is 10.6 Å². The summed E-state index contributed by atoms with van der Waals surface area (Å²) in [5.74, 6) is -2.38. The van der Waals surface area contributed by atoms with Crippen molar-refractivity contribution in [1.82, 2.24) is 0 Å². The molecule has 0 spiro atoms. The summed E-state index contributed by atoms with van der Waals surface area (Å²) < 4.78 is 38.9. The molecule has 2 rings (SSSR count). The minimum absolute atomic E-state index is 0.0238. The van der Waals surface area contributed by atoms with Crippen LogP contribution < -0.4 is 16.0 Å². The highest BCUT2D eigenvalue weighted by atomic mass is 19.4. The molecule has 0 bridgehead atoms. The Morgan fingerprint density at radius 2 is 1.62 bits per heavy atom. The van der Waals surface area contributed by atoms with Gasteiger partial charge in [-0.1, -0.05) is 12.1 Å². The second-order valence-corrected chi connectivity index (χ2v) is 4.93. The molecule has 2 aromatic carbocycles. The fraction of sp³-hybridized carbons (Fsp3) is 0.125. The van der Waals surface area contributed by atoms with E-state index in [1.807, 2.05) is 0 Å². The van der Waals surface area contributed by atoms with Crippen molar-refractivity contribution >= 4 is 34.6 Å². The number of alkyl halides is 3. The van der Waals surface area contributed by atoms with E-state index in [4.69, 9.17) is 5.73 Å². The molecule has 8 heteroatoms. The van der Waals surface area contributed by atoms with Gasteiger partial charge in [0.1, 0.15) is 0 Å². The Kier molecular flexibility index (Phi) is 4.77. The number of hydrogen-bond donors (Lipinski definition) is 2. The van der Waals surface area contributed by atoms with Crippen LogP contribution in [0.5, 0.6) is 0 Å². The summed E-state index contributed by atoms with van der Waals surface area (Å²) in [7, 11) is 0. The van der Waals surface area contributed by atoms with E-state index in [2.05, 4.69) is 5.32 Å². The summed E-state index contributed by atoms with van der Waals surface area (Å²) in [6.45, 7) is 1.30. The van der Waals surface area contributed by atoms with E-state index in [1.165, 1.54) is 49.4 Å². The topological polar surface area (TPSA) is 75.4 Å². The van der Waals surface area contributed by atoms with Crippen molar-refractivity contribution in [2.75, 3.05) is 16.0 Å². The van der Waals surface area contributed by atoms with E-state index in [0.717, 1.165) is 0 Å². The Morgan fingerprint density at radius 3 is 2.12 bits per heavy atom. The molecule has 0 fully saturated rings. The van der Waals surface area contributed by atoms with E-state index in [1.54, 1.807) is 6.07 Å². The third kappa shape index (κ3) is 3.83. The van der Waals surface area contributed by atoms with Crippen LogP contribution in [0.1, 0.15) is 6.92 Å². The lowest BCUT2D eigenvalue weighted by atomic mass is 10.2. The maximum Gasteiger partial charge on any atom is 0.472 e. The van der Waals surface area contributed by atoms with Crippen LogP contribution in [0.25, 0.3) is 0 Å². The Balaban J connectivity index is 2.49. The maximum absolute atomic E-state index is 13.0. The first-order valence-electron chi connectivity index (χ1n) is 6.83. The van der Waals surface area contributed by atoms with Gasteiger partial charge in [0.25, 0.3) is 0 Å². The standard InChI is InChI=1S/C16H14F3N3O2/c1-10(23)21-11-6-8-12(9-7-11)22(15(24)16(17,18)19)14-5-3-2-4-13(14)20/h2-9H,20H2,1H3,(H,21,23). The Bertz CT molecular complexity index is 758. The average Bonchev–Trinajstić information content (AvgIpc) is 2.49. The predicted octanol–water partition coefficient (Wildman–Crippen LogP) is 3.45. The molecule has 2 aromatic rings. The molecule has 0 aliphatic heterocycles. The highest BCUT2D eigenvalue weighted by Gasteiger charge is 2.44. The van der Waals surface area contributed by atoms with Gasteiger partial charge in [0.05, 0.1) is 11.4 Å². The second kappa shape index (κ2) is 6.61. The monoisotopic (exact) mass is 337 g/mol. The molecular formula is C16H14F3N3O2. The second-order valence-electron chi connectivity index (χ2n) is 4.93. The lowest BCUT2D eigenvalue weighted by Crippen LogP contribution is -2.38. The normalized spacial score (nSPS) is 11.0. The number of para-hydroxylation sites is 2. The molecule has 0 unspecified atom stereocenters. The molecule has 2 amide bonds. The number of nitrogen functional groups attached to an aromatic ring is 1. The van der Waals surface area contributed by atoms with Crippen molar-refractivity contribution in [3.8, 4) is 0 Å². The fourth-order valence-electron chi connectivity index (χ4n) is 2.08. The molecule has 0 saturated carbocycles. The van der Waals surface area contributed by atoms with E-state index < -0.39 is 12.1 Å². The van der Waals surface area contributed by atoms with Gasteiger partial charge >= 0.3 is 12.1 Å². The van der Waals surface area contributed by atoms with Gasteiger partial charge < -0.3 is 11.1 Å². The fourth-order valence-corrected chi connectivity index (χ4v) is 2.08. The van der Waals surface area contributed by atoms with Gasteiger partial charge in [0.15, 0.2) is 0 Å². The summed E-state index contributed by atoms with van der Waals surface area (Å²) in [5, 5.41) is 2.49. The van der Waals surface area contributed by atoms with Crippen molar-refractivity contribution < 1.29 is 22.8 Å². The van der Waals surface area contributed by atoms with Gasteiger partial charge in [-0.05, 0) is 36.4 Å². The first-order chi connectivity index (χ1) is 11.2. The molecule has 0 heterocycles. The number of nitrogens with one attached hydrogen (secondary N) is 1. The summed E-state index contributed by atoms with van der Waals surface area (Å²) >= 11 is 0. The quantitative estimate of drug-likeness (QED) is 0.842. The van der Waals surface area contributed by atoms with Crippen molar-refractivity contribution in [2.45, 2.75) is 13.1 Å². The molecule has 5 nitrogen and oxygen atoms in total. The predicted molar refractivity (Wildman–Crippen MR) is 84.8 cm³/mol. The molecule has 0 aliphatic rings. The van der Waals surface area contributed by atoms with Crippen LogP contribution in [0.15, 0.2) is 48.5 Å². The summed E-state index contributed by atoms with van der Waals surface area (Å²) in [5.41, 5.74) is 6.04. The molecule has 24 heavy (non-hydrogen) atoms. The SMILES string of the molecule is CC(=O)Nc1ccc(N(C(=O)C(F)(F)F)c2ccccc2N)cc1. The summed E-state index contributed by atoms with van der Waals surface area (Å²) in [6.07, 6.45) is -5.07. The lowest BCUT2D eigenvalue weighted by molar-refractivity contribution is -0.169. The highest BCUT2D eigenvalue weighted by molar-refractivity contribution is 6.06. The average molecular weight is 337 g/mol. The number of benzene rings is 2. The van der Waals surface area contributed by atoms with Crippen molar-refractivity contribution in [3.63, 3.8) is 0 Å². The molecule has 0 radical (unpaired) electrons. The largest absolute Gasteiger partial charge is 0.472 e. The van der Waals surface area contributed by atoms with Crippen LogP contribution in [0, 0.1) is 0 Å². The molecule has 0 aromatic heterocycles. The van der Waals surface area contributed by atoms with Crippen molar-refractivity contribution in [2.24, 2.45) is 0 Å². The lowest BCUT2D eigenvalue weighted by Gasteiger charge is -2.25. The molecule has 0 saturated heterocycles. The first kappa shape index (κ1) is 17.3. The third-order valence-electron chi connectivity index (χ3n) is 3.07. The highest BCUT2D eigenvalue weighted by Crippen LogP contribution is 2.34. The van der Waals surface area contributed by atoms with E-state index in [-0.39, 0.29) is 23.0 Å². The number of amides is 2. The number of hydrogen-bond acceptors (Lipinski definition) is 3. The van der Waals surface area contributed by atoms with Crippen molar-refractivity contribution in [1.29, 1.82) is 0 Å². The maximum atomic E-state index is 13.0. The Morgan fingerprint density at radius 1 is 1.04 bits per heavy atom. The smallest absolute Gasteiger partial charge is 0.397 e. The number of nitrogens with zero attached hydrogens (tertiary/aromatic N) is 1. The van der Waals surface area contributed by atoms with Gasteiger partial charge in [-0.15, -0.1) is 0 Å². The minimum atomic E-state index is -5.07. The van der Waals surface area contributed by atoms with Gasteiger partial charge in [0, 0.05) is 18.3 Å². The number of anilines is 4. The Labute approximate surface area is 135 Å². The number of rotatable bonds is 3. The van der Waals surface area contributed by atoms with Crippen LogP contribution in [0.2, 0.25) is 0 Å². The minimum Gasteiger partial charge on any atom is -0.397 e. The zero-order valence-corrected chi connectivity index (χ0v) is 12.6. The Hall–Kier alpha value is -3.03. The third-order valence-corrected chi connectivity index (χ3v) is 3.07. The van der Waals surface area contributed by atoms with Gasteiger partial charge in [-0.3, -0.25) is 14.5 Å². The van der Waals surface area contributed by atoms with Gasteiger partial charge in [0.2, 0.25) is 5.91 Å². The molecule has 0 aliphatic carbocycles. The molecule has 126 valence electrons. The van der Waals surface area contributed by atoms with E-state index >= 15 is 0 Å². The number of nitrogens with two attached hydrogens (primary N) is 1. The molecular weight excluding hydrogens is 323 g/mol. The number of halogens is 3. The summed E-state index contributed by atoms with van der Waals surface area (Å²) in [6, 6.07) is 11.1. The number of carbonyl (C=O) groups is 2. The van der Waals surface area contributed by atoms with Crippen LogP contribution in [0.4, 0.5) is 35.9 Å². The van der Waals surface area contributed by atoms with Gasteiger partial charge in [-0.25, -0.2) is 0 Å². The van der Waals surface area contributed by atoms with Crippen LogP contribution in [0.3, 0.4) is 0 Å². The molecule has 0 atom stereocenters. The van der Waals surface area contributed by atoms with Crippen LogP contribution >= 0.6 is 0 Å². The van der Waals surface area contributed by atoms with Gasteiger partial charge in [-0.2, -0.15) is 13.2 Å². The zero-order valence-electron chi connectivity index (χ0n) is 12.6.